The van der Waals surface area contributed by atoms with Gasteiger partial charge in [-0.3, -0.25) is 9.59 Å². The van der Waals surface area contributed by atoms with E-state index >= 15 is 0 Å². The van der Waals surface area contributed by atoms with Gasteiger partial charge in [0.1, 0.15) is 11.6 Å². The molecular weight excluding hydrogens is 400 g/mol. The summed E-state index contributed by atoms with van der Waals surface area (Å²) in [6.45, 7) is -0.384. The minimum atomic E-state index is -0.927. The van der Waals surface area contributed by atoms with Crippen LogP contribution >= 0.6 is 0 Å². The van der Waals surface area contributed by atoms with Crippen LogP contribution in [0.3, 0.4) is 0 Å². The fourth-order valence-corrected chi connectivity index (χ4v) is 4.51. The number of aliphatic hydroxyl groups excluding tert-OH is 1. The number of ether oxygens (including phenoxy) is 1. The summed E-state index contributed by atoms with van der Waals surface area (Å²) in [6, 6.07) is 4.72. The van der Waals surface area contributed by atoms with Crippen LogP contribution in [0.1, 0.15) is 11.7 Å². The third kappa shape index (κ3) is 3.04. The van der Waals surface area contributed by atoms with Crippen molar-refractivity contribution in [2.24, 2.45) is 11.8 Å². The molecule has 2 aliphatic heterocycles. The van der Waals surface area contributed by atoms with Crippen LogP contribution < -0.4 is 10.9 Å². The van der Waals surface area contributed by atoms with E-state index in [2.05, 4.69) is 5.32 Å². The summed E-state index contributed by atoms with van der Waals surface area (Å²) in [5.41, 5.74) is -0.258. The number of hydrogen-bond acceptors (Lipinski definition) is 5. The molecule has 3 heterocycles. The number of urea groups is 1. The lowest BCUT2D eigenvalue weighted by molar-refractivity contribution is -0.148. The van der Waals surface area contributed by atoms with Crippen LogP contribution in [0.4, 0.5) is 19.3 Å². The molecular formula is C20H19F2N3O5. The average Bonchev–Trinajstić information content (AvgIpc) is 2.97. The number of benzene rings is 1. The van der Waals surface area contributed by atoms with Crippen molar-refractivity contribution in [3.8, 4) is 0 Å². The first-order valence-electron chi connectivity index (χ1n) is 9.30. The van der Waals surface area contributed by atoms with Gasteiger partial charge < -0.3 is 24.6 Å². The Labute approximate surface area is 169 Å². The second-order valence-corrected chi connectivity index (χ2v) is 7.27. The summed E-state index contributed by atoms with van der Waals surface area (Å²) < 4.78 is 33.9. The number of nitrogens with zero attached hydrogens (tertiary/aromatic N) is 2. The van der Waals surface area contributed by atoms with E-state index in [-0.39, 0.29) is 17.8 Å². The van der Waals surface area contributed by atoms with Gasteiger partial charge in [0.05, 0.1) is 30.8 Å². The number of carbonyl (C=O) groups excluding carboxylic acids is 2. The van der Waals surface area contributed by atoms with Gasteiger partial charge in [0.25, 0.3) is 5.56 Å². The highest BCUT2D eigenvalue weighted by atomic mass is 19.1. The standard InChI is InChI=1S/C20H19F2N3O5/c1-30-19(28)17-11(9-26)15-8-24-14(3-2-4-16(24)27)18(17)25(15)20(29)23-13-7-10(21)5-6-12(13)22/h2-7,11,15,17-18,26H,8-9H2,1H3,(H,23,29)/t11-,15-,17+,18+/m0/s1. The van der Waals surface area contributed by atoms with Crippen molar-refractivity contribution in [3.05, 3.63) is 64.1 Å². The van der Waals surface area contributed by atoms with E-state index in [1.54, 1.807) is 6.07 Å². The molecule has 158 valence electrons. The van der Waals surface area contributed by atoms with Gasteiger partial charge in [-0.25, -0.2) is 13.6 Å². The van der Waals surface area contributed by atoms with Crippen molar-refractivity contribution >= 4 is 17.7 Å². The van der Waals surface area contributed by atoms with Crippen LogP contribution in [0, 0.1) is 23.5 Å². The molecule has 2 bridgehead atoms. The lowest BCUT2D eigenvalue weighted by atomic mass is 9.87. The minimum Gasteiger partial charge on any atom is -0.469 e. The normalized spacial score (nSPS) is 24.3. The van der Waals surface area contributed by atoms with E-state index in [9.17, 15) is 28.3 Å². The zero-order valence-corrected chi connectivity index (χ0v) is 15.9. The first-order chi connectivity index (χ1) is 14.4. The van der Waals surface area contributed by atoms with Crippen molar-refractivity contribution in [1.82, 2.24) is 9.47 Å². The van der Waals surface area contributed by atoms with Gasteiger partial charge >= 0.3 is 12.0 Å². The van der Waals surface area contributed by atoms with Gasteiger partial charge in [-0.05, 0) is 18.2 Å². The largest absolute Gasteiger partial charge is 0.469 e. The van der Waals surface area contributed by atoms with Crippen LogP contribution in [0.5, 0.6) is 0 Å². The molecule has 2 N–H and O–H groups in total. The molecule has 10 heteroatoms. The number of carbonyl (C=O) groups is 2. The monoisotopic (exact) mass is 419 g/mol. The highest BCUT2D eigenvalue weighted by Gasteiger charge is 2.58. The van der Waals surface area contributed by atoms with Crippen LogP contribution in [-0.2, 0) is 16.1 Å². The number of methoxy groups -OCH3 is 1. The molecule has 1 aromatic carbocycles. The fourth-order valence-electron chi connectivity index (χ4n) is 4.51. The van der Waals surface area contributed by atoms with E-state index in [1.807, 2.05) is 0 Å². The van der Waals surface area contributed by atoms with E-state index in [0.29, 0.717) is 5.69 Å². The molecule has 1 fully saturated rings. The summed E-state index contributed by atoms with van der Waals surface area (Å²) in [5, 5.41) is 12.3. The van der Waals surface area contributed by atoms with Crippen molar-refractivity contribution in [2.45, 2.75) is 18.6 Å². The maximum atomic E-state index is 14.0. The summed E-state index contributed by atoms with van der Waals surface area (Å²) in [4.78, 5) is 39.3. The van der Waals surface area contributed by atoms with Gasteiger partial charge in [0, 0.05) is 36.9 Å². The summed E-state index contributed by atoms with van der Waals surface area (Å²) in [6.07, 6.45) is 0. The molecule has 2 aliphatic rings. The number of amides is 2. The van der Waals surface area contributed by atoms with Crippen LogP contribution in [0.25, 0.3) is 0 Å². The van der Waals surface area contributed by atoms with Crippen LogP contribution in [-0.4, -0.2) is 46.3 Å². The van der Waals surface area contributed by atoms with Crippen LogP contribution in [0.2, 0.25) is 0 Å². The molecule has 1 aromatic heterocycles. The number of hydrogen-bond donors (Lipinski definition) is 2. The maximum Gasteiger partial charge on any atom is 0.322 e. The summed E-state index contributed by atoms with van der Waals surface area (Å²) in [5.74, 6) is -3.82. The first-order valence-corrected chi connectivity index (χ1v) is 9.30. The molecule has 8 nitrogen and oxygen atoms in total. The van der Waals surface area contributed by atoms with Gasteiger partial charge in [-0.1, -0.05) is 6.07 Å². The zero-order valence-electron chi connectivity index (χ0n) is 15.9. The SMILES string of the molecule is COC(=O)[C@@H]1[C@@H](CO)[C@@H]2Cn3c(cccc3=O)[C@H]1N2C(=O)Nc1cc(F)ccc1F. The zero-order chi connectivity index (χ0) is 21.6. The average molecular weight is 419 g/mol. The Bertz CT molecular complexity index is 1070. The Morgan fingerprint density at radius 2 is 2.03 bits per heavy atom. The quantitative estimate of drug-likeness (QED) is 0.735. The maximum absolute atomic E-state index is 14.0. The number of aromatic nitrogens is 1. The topological polar surface area (TPSA) is 101 Å². The number of anilines is 1. The first kappa shape index (κ1) is 20.0. The molecule has 0 aliphatic carbocycles. The van der Waals surface area contributed by atoms with Crippen molar-refractivity contribution < 1.29 is 28.2 Å². The molecule has 0 unspecified atom stereocenters. The molecule has 4 rings (SSSR count). The third-order valence-corrected chi connectivity index (χ3v) is 5.80. The molecule has 0 saturated carbocycles. The highest BCUT2D eigenvalue weighted by molar-refractivity contribution is 5.91. The highest BCUT2D eigenvalue weighted by Crippen LogP contribution is 2.48. The number of rotatable bonds is 3. The van der Waals surface area contributed by atoms with Crippen molar-refractivity contribution in [1.29, 1.82) is 0 Å². The lowest BCUT2D eigenvalue weighted by Crippen LogP contribution is -2.50. The van der Waals surface area contributed by atoms with Crippen molar-refractivity contribution in [2.75, 3.05) is 19.0 Å². The van der Waals surface area contributed by atoms with Gasteiger partial charge in [0.15, 0.2) is 0 Å². The molecule has 4 atom stereocenters. The lowest BCUT2D eigenvalue weighted by Gasteiger charge is -2.37. The van der Waals surface area contributed by atoms with E-state index in [0.717, 1.165) is 18.2 Å². The van der Waals surface area contributed by atoms with Crippen LogP contribution in [0.15, 0.2) is 41.2 Å². The fraction of sp³-hybridized carbons (Fsp3) is 0.350. The third-order valence-electron chi connectivity index (χ3n) is 5.80. The number of nitrogens with one attached hydrogen (secondary N) is 1. The Hall–Kier alpha value is -3.27. The number of fused-ring (bicyclic) bond motifs is 4. The molecule has 0 radical (unpaired) electrons. The Morgan fingerprint density at radius 1 is 1.27 bits per heavy atom. The van der Waals surface area contributed by atoms with E-state index in [1.165, 1.54) is 28.7 Å². The smallest absolute Gasteiger partial charge is 0.322 e. The minimum absolute atomic E-state index is 0.0449. The molecule has 2 aromatic rings. The van der Waals surface area contributed by atoms with Gasteiger partial charge in [0.2, 0.25) is 0 Å². The predicted octanol–water partition coefficient (Wildman–Crippen LogP) is 1.50. The Kier molecular flexibility index (Phi) is 5.02. The van der Waals surface area contributed by atoms with E-state index in [4.69, 9.17) is 4.74 Å². The predicted molar refractivity (Wildman–Crippen MR) is 101 cm³/mol. The molecule has 30 heavy (non-hydrogen) atoms. The molecule has 0 spiro atoms. The number of esters is 1. The molecule has 1 saturated heterocycles. The Morgan fingerprint density at radius 3 is 2.73 bits per heavy atom. The number of pyridine rings is 1. The number of aliphatic hydroxyl groups is 1. The molecule has 2 amide bonds. The second-order valence-electron chi connectivity index (χ2n) is 7.27. The summed E-state index contributed by atoms with van der Waals surface area (Å²) >= 11 is 0. The van der Waals surface area contributed by atoms with E-state index < -0.39 is 54.2 Å². The number of halogens is 2. The van der Waals surface area contributed by atoms with Crippen molar-refractivity contribution in [3.63, 3.8) is 0 Å². The van der Waals surface area contributed by atoms with Gasteiger partial charge in [-0.2, -0.15) is 0 Å². The van der Waals surface area contributed by atoms with Gasteiger partial charge in [-0.15, -0.1) is 0 Å². The second kappa shape index (κ2) is 7.52. The Balaban J connectivity index is 1.79. The summed E-state index contributed by atoms with van der Waals surface area (Å²) in [7, 11) is 1.20.